The predicted molar refractivity (Wildman–Crippen MR) is 73.0 cm³/mol. The molecule has 0 saturated heterocycles. The van der Waals surface area contributed by atoms with E-state index in [2.05, 4.69) is 0 Å². The summed E-state index contributed by atoms with van der Waals surface area (Å²) in [4.78, 5) is 22.8. The molecular formula is C14H26O6. The van der Waals surface area contributed by atoms with Gasteiger partial charge in [-0.25, -0.2) is 9.59 Å². The first kappa shape index (κ1) is 18.9. The zero-order chi connectivity index (χ0) is 15.4. The van der Waals surface area contributed by atoms with Gasteiger partial charge in [-0.1, -0.05) is 39.5 Å². The Labute approximate surface area is 120 Å². The van der Waals surface area contributed by atoms with Crippen molar-refractivity contribution in [3.05, 3.63) is 0 Å². The Morgan fingerprint density at radius 1 is 0.800 bits per heavy atom. The van der Waals surface area contributed by atoms with Crippen LogP contribution in [0.25, 0.3) is 0 Å². The number of hydrogen-bond acceptors (Lipinski definition) is 6. The molecule has 118 valence electrons. The lowest BCUT2D eigenvalue weighted by Crippen LogP contribution is -2.41. The van der Waals surface area contributed by atoms with E-state index in [1.165, 1.54) is 0 Å². The van der Waals surface area contributed by atoms with Crippen molar-refractivity contribution in [2.75, 3.05) is 13.2 Å². The van der Waals surface area contributed by atoms with Crippen molar-refractivity contribution in [1.82, 2.24) is 0 Å². The Kier molecular flexibility index (Phi) is 11.0. The van der Waals surface area contributed by atoms with Gasteiger partial charge in [0.15, 0.2) is 12.2 Å². The molecule has 20 heavy (non-hydrogen) atoms. The van der Waals surface area contributed by atoms with Crippen LogP contribution in [0.1, 0.15) is 52.4 Å². The van der Waals surface area contributed by atoms with E-state index >= 15 is 0 Å². The molecule has 0 aromatic rings. The van der Waals surface area contributed by atoms with Gasteiger partial charge in [-0.3, -0.25) is 0 Å². The second-order valence-electron chi connectivity index (χ2n) is 4.64. The number of aliphatic hydroxyl groups excluding tert-OH is 2. The fraction of sp³-hybridized carbons (Fsp3) is 0.857. The number of carbonyl (C=O) groups excluding carboxylic acids is 2. The molecule has 0 unspecified atom stereocenters. The summed E-state index contributed by atoms with van der Waals surface area (Å²) in [6, 6.07) is 0. The highest BCUT2D eigenvalue weighted by Gasteiger charge is 2.32. The molecule has 6 heteroatoms. The molecule has 0 aliphatic carbocycles. The van der Waals surface area contributed by atoms with Crippen molar-refractivity contribution in [1.29, 1.82) is 0 Å². The topological polar surface area (TPSA) is 93.1 Å². The maximum atomic E-state index is 11.4. The van der Waals surface area contributed by atoms with Gasteiger partial charge in [0.2, 0.25) is 0 Å². The molecule has 0 aromatic carbocycles. The quantitative estimate of drug-likeness (QED) is 0.438. The van der Waals surface area contributed by atoms with Crippen LogP contribution in [0.4, 0.5) is 0 Å². The number of esters is 2. The smallest absolute Gasteiger partial charge is 0.338 e. The van der Waals surface area contributed by atoms with Crippen LogP contribution in [0.5, 0.6) is 0 Å². The molecule has 0 saturated carbocycles. The van der Waals surface area contributed by atoms with Gasteiger partial charge < -0.3 is 19.7 Å². The minimum absolute atomic E-state index is 0.169. The van der Waals surface area contributed by atoms with E-state index in [-0.39, 0.29) is 13.2 Å². The average Bonchev–Trinajstić information content (AvgIpc) is 2.46. The van der Waals surface area contributed by atoms with E-state index < -0.39 is 24.1 Å². The molecule has 0 spiro atoms. The summed E-state index contributed by atoms with van der Waals surface area (Å²) in [6.45, 7) is 4.36. The lowest BCUT2D eigenvalue weighted by atomic mass is 10.2. The summed E-state index contributed by atoms with van der Waals surface area (Å²) in [6.07, 6.45) is 1.36. The van der Waals surface area contributed by atoms with Crippen LogP contribution in [-0.4, -0.2) is 47.6 Å². The summed E-state index contributed by atoms with van der Waals surface area (Å²) >= 11 is 0. The van der Waals surface area contributed by atoms with Gasteiger partial charge in [-0.2, -0.15) is 0 Å². The van der Waals surface area contributed by atoms with Crippen LogP contribution < -0.4 is 0 Å². The Hall–Kier alpha value is -1.14. The molecule has 0 aliphatic rings. The lowest BCUT2D eigenvalue weighted by Gasteiger charge is -2.15. The van der Waals surface area contributed by atoms with Crippen LogP contribution >= 0.6 is 0 Å². The highest BCUT2D eigenvalue weighted by Crippen LogP contribution is 2.03. The monoisotopic (exact) mass is 290 g/mol. The minimum Gasteiger partial charge on any atom is -0.464 e. The Balaban J connectivity index is 3.95. The zero-order valence-electron chi connectivity index (χ0n) is 12.3. The van der Waals surface area contributed by atoms with Gasteiger partial charge in [0.05, 0.1) is 13.2 Å². The molecule has 0 rings (SSSR count). The highest BCUT2D eigenvalue weighted by molar-refractivity contribution is 5.85. The molecule has 0 radical (unpaired) electrons. The molecule has 6 nitrogen and oxygen atoms in total. The summed E-state index contributed by atoms with van der Waals surface area (Å²) in [5, 5.41) is 19.0. The van der Waals surface area contributed by atoms with E-state index in [0.29, 0.717) is 12.8 Å². The maximum Gasteiger partial charge on any atom is 0.338 e. The van der Waals surface area contributed by atoms with Gasteiger partial charge in [-0.05, 0) is 12.8 Å². The van der Waals surface area contributed by atoms with Gasteiger partial charge in [-0.15, -0.1) is 0 Å². The van der Waals surface area contributed by atoms with Gasteiger partial charge in [0.25, 0.3) is 0 Å². The molecule has 0 amide bonds. The fourth-order valence-electron chi connectivity index (χ4n) is 1.48. The minimum atomic E-state index is -1.89. The van der Waals surface area contributed by atoms with Gasteiger partial charge >= 0.3 is 11.9 Å². The number of hydrogen-bond donors (Lipinski definition) is 2. The van der Waals surface area contributed by atoms with Crippen molar-refractivity contribution in [2.24, 2.45) is 0 Å². The molecule has 2 atom stereocenters. The van der Waals surface area contributed by atoms with E-state index in [1.807, 2.05) is 13.8 Å². The van der Waals surface area contributed by atoms with E-state index in [9.17, 15) is 19.8 Å². The fourth-order valence-corrected chi connectivity index (χ4v) is 1.48. The molecule has 0 aromatic heterocycles. The van der Waals surface area contributed by atoms with Crippen molar-refractivity contribution >= 4 is 11.9 Å². The normalized spacial score (nSPS) is 13.6. The van der Waals surface area contributed by atoms with Crippen LogP contribution in [0.3, 0.4) is 0 Å². The third-order valence-electron chi connectivity index (χ3n) is 2.77. The largest absolute Gasteiger partial charge is 0.464 e. The van der Waals surface area contributed by atoms with E-state index in [0.717, 1.165) is 25.7 Å². The summed E-state index contributed by atoms with van der Waals surface area (Å²) in [5.41, 5.74) is 0. The van der Waals surface area contributed by atoms with E-state index in [1.54, 1.807) is 0 Å². The standard InChI is InChI=1S/C14H26O6/c1-3-5-7-9-19-13(17)11(15)12(16)14(18)20-10-8-6-4-2/h11-12,15-16H,3-10H2,1-2H3/t11-,12+. The second kappa shape index (κ2) is 11.7. The first-order valence-electron chi connectivity index (χ1n) is 7.24. The maximum absolute atomic E-state index is 11.4. The third kappa shape index (κ3) is 8.12. The van der Waals surface area contributed by atoms with Crippen molar-refractivity contribution in [2.45, 2.75) is 64.6 Å². The van der Waals surface area contributed by atoms with Crippen LogP contribution in [0, 0.1) is 0 Å². The van der Waals surface area contributed by atoms with Crippen LogP contribution in [0.2, 0.25) is 0 Å². The number of carbonyl (C=O) groups is 2. The molecular weight excluding hydrogens is 264 g/mol. The number of rotatable bonds is 11. The first-order chi connectivity index (χ1) is 9.54. The van der Waals surface area contributed by atoms with Gasteiger partial charge in [0, 0.05) is 0 Å². The SMILES string of the molecule is CCCCCOC(=O)[C@@H](O)[C@@H](O)C(=O)OCCCCC. The first-order valence-corrected chi connectivity index (χ1v) is 7.24. The van der Waals surface area contributed by atoms with Crippen LogP contribution in [-0.2, 0) is 19.1 Å². The van der Waals surface area contributed by atoms with E-state index in [4.69, 9.17) is 9.47 Å². The number of aliphatic hydroxyl groups is 2. The zero-order valence-corrected chi connectivity index (χ0v) is 12.3. The number of ether oxygens (including phenoxy) is 2. The molecule has 0 heterocycles. The Morgan fingerprint density at radius 2 is 1.15 bits per heavy atom. The molecule has 2 N–H and O–H groups in total. The van der Waals surface area contributed by atoms with Crippen molar-refractivity contribution < 1.29 is 29.3 Å². The Morgan fingerprint density at radius 3 is 1.45 bits per heavy atom. The summed E-state index contributed by atoms with van der Waals surface area (Å²) < 4.78 is 9.53. The molecule has 0 bridgehead atoms. The third-order valence-corrected chi connectivity index (χ3v) is 2.77. The highest BCUT2D eigenvalue weighted by atomic mass is 16.6. The molecule has 0 fully saturated rings. The predicted octanol–water partition coefficient (Wildman–Crippen LogP) is 1.17. The van der Waals surface area contributed by atoms with Crippen molar-refractivity contribution in [3.63, 3.8) is 0 Å². The number of unbranched alkanes of at least 4 members (excludes halogenated alkanes) is 4. The molecule has 0 aliphatic heterocycles. The second-order valence-corrected chi connectivity index (χ2v) is 4.64. The summed E-state index contributed by atoms with van der Waals surface area (Å²) in [7, 11) is 0. The lowest BCUT2D eigenvalue weighted by molar-refractivity contribution is -0.173. The van der Waals surface area contributed by atoms with Crippen molar-refractivity contribution in [3.8, 4) is 0 Å². The Bertz CT molecular complexity index is 251. The van der Waals surface area contributed by atoms with Gasteiger partial charge in [0.1, 0.15) is 0 Å². The average molecular weight is 290 g/mol. The van der Waals surface area contributed by atoms with Crippen LogP contribution in [0.15, 0.2) is 0 Å². The summed E-state index contributed by atoms with van der Waals surface area (Å²) in [5.74, 6) is -2.00.